The third-order valence-corrected chi connectivity index (χ3v) is 5.25. The molecule has 2 aromatic carbocycles. The van der Waals surface area contributed by atoms with E-state index in [9.17, 15) is 9.59 Å². The molecule has 0 aromatic heterocycles. The maximum Gasteiger partial charge on any atom is 0.228 e. The summed E-state index contributed by atoms with van der Waals surface area (Å²) < 4.78 is 11.8. The van der Waals surface area contributed by atoms with Crippen LogP contribution in [0.1, 0.15) is 18.4 Å². The molecule has 0 bridgehead atoms. The lowest BCUT2D eigenvalue weighted by molar-refractivity contribution is -0.117. The molecule has 2 aliphatic rings. The number of carbonyl (C=O) groups is 2. The molecule has 0 saturated carbocycles. The summed E-state index contributed by atoms with van der Waals surface area (Å²) in [7, 11) is 0. The van der Waals surface area contributed by atoms with Gasteiger partial charge in [0.25, 0.3) is 0 Å². The average Bonchev–Trinajstić information content (AvgIpc) is 3.09. The molecule has 2 heterocycles. The van der Waals surface area contributed by atoms with Gasteiger partial charge in [-0.15, -0.1) is 0 Å². The molecule has 7 heteroatoms. The normalized spacial score (nSPS) is 15.7. The van der Waals surface area contributed by atoms with Crippen LogP contribution in [0.15, 0.2) is 40.9 Å². The fraction of sp³-hybridized carbons (Fsp3) is 0.300. The zero-order chi connectivity index (χ0) is 18.8. The van der Waals surface area contributed by atoms with Crippen molar-refractivity contribution in [3.8, 4) is 11.5 Å². The summed E-state index contributed by atoms with van der Waals surface area (Å²) in [4.78, 5) is 26.0. The van der Waals surface area contributed by atoms with Crippen molar-refractivity contribution >= 4 is 39.1 Å². The van der Waals surface area contributed by atoms with E-state index >= 15 is 0 Å². The summed E-state index contributed by atoms with van der Waals surface area (Å²) in [6.45, 7) is 1.77. The Kier molecular flexibility index (Phi) is 5.03. The number of nitrogens with one attached hydrogen (secondary N) is 1. The summed E-state index contributed by atoms with van der Waals surface area (Å²) in [5.41, 5.74) is 2.41. The molecule has 4 rings (SSSR count). The van der Waals surface area contributed by atoms with Crippen LogP contribution in [0.25, 0.3) is 0 Å². The molecule has 1 N–H and O–H groups in total. The van der Waals surface area contributed by atoms with Gasteiger partial charge in [0.05, 0.1) is 12.1 Å². The number of anilines is 2. The van der Waals surface area contributed by atoms with Gasteiger partial charge in [0, 0.05) is 35.3 Å². The lowest BCUT2D eigenvalue weighted by Crippen LogP contribution is -2.23. The third kappa shape index (κ3) is 3.93. The van der Waals surface area contributed by atoms with Crippen LogP contribution in [0, 0.1) is 0 Å². The van der Waals surface area contributed by atoms with Crippen molar-refractivity contribution in [1.82, 2.24) is 0 Å². The Balaban J connectivity index is 1.41. The zero-order valence-corrected chi connectivity index (χ0v) is 16.3. The van der Waals surface area contributed by atoms with Crippen LogP contribution in [-0.2, 0) is 16.0 Å². The van der Waals surface area contributed by atoms with Gasteiger partial charge in [-0.1, -0.05) is 12.1 Å². The van der Waals surface area contributed by atoms with Gasteiger partial charge in [0.2, 0.25) is 11.8 Å². The number of hydrogen-bond donors (Lipinski definition) is 1. The number of benzene rings is 2. The third-order valence-electron chi connectivity index (χ3n) is 4.59. The van der Waals surface area contributed by atoms with Crippen LogP contribution in [0.3, 0.4) is 0 Å². The van der Waals surface area contributed by atoms with Crippen molar-refractivity contribution in [2.45, 2.75) is 19.3 Å². The van der Waals surface area contributed by atoms with Gasteiger partial charge in [-0.25, -0.2) is 0 Å². The summed E-state index contributed by atoms with van der Waals surface area (Å²) in [6, 6.07) is 11.1. The molecule has 27 heavy (non-hydrogen) atoms. The van der Waals surface area contributed by atoms with Gasteiger partial charge < -0.3 is 19.7 Å². The second-order valence-corrected chi connectivity index (χ2v) is 7.37. The molecule has 1 saturated heterocycles. The van der Waals surface area contributed by atoms with Crippen LogP contribution < -0.4 is 19.7 Å². The number of carbonyl (C=O) groups excluding carboxylic acids is 2. The van der Waals surface area contributed by atoms with Crippen LogP contribution in [-0.4, -0.2) is 31.6 Å². The molecular formula is C20H19BrN2O4. The number of nitrogens with zero attached hydrogens (tertiary/aromatic N) is 1. The quantitative estimate of drug-likeness (QED) is 0.805. The molecule has 2 amide bonds. The first kappa shape index (κ1) is 17.9. The van der Waals surface area contributed by atoms with Crippen LogP contribution >= 0.6 is 15.9 Å². The Bertz CT molecular complexity index is 882. The molecule has 0 spiro atoms. The first-order valence-electron chi connectivity index (χ1n) is 8.88. The predicted molar refractivity (Wildman–Crippen MR) is 105 cm³/mol. The summed E-state index contributed by atoms with van der Waals surface area (Å²) >= 11 is 3.45. The number of rotatable bonds is 4. The van der Waals surface area contributed by atoms with Gasteiger partial charge in [-0.05, 0) is 40.0 Å². The topological polar surface area (TPSA) is 67.9 Å². The summed E-state index contributed by atoms with van der Waals surface area (Å²) in [6.07, 6.45) is 1.75. The van der Waals surface area contributed by atoms with Crippen molar-refractivity contribution in [3.63, 3.8) is 0 Å². The highest BCUT2D eigenvalue weighted by atomic mass is 79.9. The maximum atomic E-state index is 12.4. The van der Waals surface area contributed by atoms with E-state index in [0.717, 1.165) is 28.7 Å². The van der Waals surface area contributed by atoms with E-state index < -0.39 is 0 Å². The Hall–Kier alpha value is -2.54. The molecule has 0 unspecified atom stereocenters. The van der Waals surface area contributed by atoms with E-state index in [1.54, 1.807) is 17.0 Å². The van der Waals surface area contributed by atoms with Gasteiger partial charge in [-0.3, -0.25) is 9.59 Å². The van der Waals surface area contributed by atoms with Crippen LogP contribution in [0.2, 0.25) is 0 Å². The molecule has 140 valence electrons. The summed E-state index contributed by atoms with van der Waals surface area (Å²) in [5, 5.41) is 2.90. The second kappa shape index (κ2) is 7.60. The predicted octanol–water partition coefficient (Wildman–Crippen LogP) is 3.53. The van der Waals surface area contributed by atoms with E-state index in [-0.39, 0.29) is 18.2 Å². The molecule has 6 nitrogen and oxygen atoms in total. The van der Waals surface area contributed by atoms with Crippen molar-refractivity contribution in [2.24, 2.45) is 0 Å². The highest BCUT2D eigenvalue weighted by Crippen LogP contribution is 2.38. The fourth-order valence-electron chi connectivity index (χ4n) is 3.25. The first-order chi connectivity index (χ1) is 13.1. The Morgan fingerprint density at radius 3 is 2.48 bits per heavy atom. The number of ether oxygens (including phenoxy) is 2. The van der Waals surface area contributed by atoms with E-state index in [1.807, 2.05) is 24.3 Å². The average molecular weight is 431 g/mol. The molecule has 0 aliphatic carbocycles. The number of fused-ring (bicyclic) bond motifs is 1. The largest absolute Gasteiger partial charge is 0.486 e. The minimum Gasteiger partial charge on any atom is -0.486 e. The summed E-state index contributed by atoms with van der Waals surface area (Å²) in [5.74, 6) is 1.32. The monoisotopic (exact) mass is 430 g/mol. The highest BCUT2D eigenvalue weighted by molar-refractivity contribution is 9.10. The molecule has 1 fully saturated rings. The second-order valence-electron chi connectivity index (χ2n) is 6.52. The maximum absolute atomic E-state index is 12.4. The van der Waals surface area contributed by atoms with E-state index in [0.29, 0.717) is 36.8 Å². The Labute approximate surface area is 165 Å². The highest BCUT2D eigenvalue weighted by Gasteiger charge is 2.21. The number of halogens is 1. The standard InChI is InChI=1S/C20H19BrN2O4/c21-15-11-17-18(27-9-8-26-17)12-16(15)22-19(24)10-13-3-5-14(6-4-13)23-7-1-2-20(23)25/h3-6,11-12H,1-2,7-10H2,(H,22,24). The SMILES string of the molecule is O=C(Cc1ccc(N2CCCC2=O)cc1)Nc1cc2c(cc1Br)OCCO2. The number of amides is 2. The van der Waals surface area contributed by atoms with E-state index in [4.69, 9.17) is 9.47 Å². The van der Waals surface area contributed by atoms with E-state index in [1.165, 1.54) is 0 Å². The van der Waals surface area contributed by atoms with E-state index in [2.05, 4.69) is 21.2 Å². The Morgan fingerprint density at radius 1 is 1.11 bits per heavy atom. The van der Waals surface area contributed by atoms with Crippen LogP contribution in [0.4, 0.5) is 11.4 Å². The minimum absolute atomic E-state index is 0.127. The van der Waals surface area contributed by atoms with Crippen molar-refractivity contribution in [2.75, 3.05) is 30.0 Å². The van der Waals surface area contributed by atoms with Gasteiger partial charge in [0.15, 0.2) is 11.5 Å². The molecular weight excluding hydrogens is 412 g/mol. The van der Waals surface area contributed by atoms with Gasteiger partial charge in [0.1, 0.15) is 13.2 Å². The molecule has 2 aromatic rings. The zero-order valence-electron chi connectivity index (χ0n) is 14.7. The Morgan fingerprint density at radius 2 is 1.81 bits per heavy atom. The lowest BCUT2D eigenvalue weighted by Gasteiger charge is -2.20. The molecule has 2 aliphatic heterocycles. The van der Waals surface area contributed by atoms with Gasteiger partial charge >= 0.3 is 0 Å². The van der Waals surface area contributed by atoms with Crippen molar-refractivity contribution < 1.29 is 19.1 Å². The van der Waals surface area contributed by atoms with Crippen molar-refractivity contribution in [3.05, 3.63) is 46.4 Å². The molecule has 0 atom stereocenters. The first-order valence-corrected chi connectivity index (χ1v) is 9.68. The number of hydrogen-bond acceptors (Lipinski definition) is 4. The lowest BCUT2D eigenvalue weighted by atomic mass is 10.1. The van der Waals surface area contributed by atoms with Crippen LogP contribution in [0.5, 0.6) is 11.5 Å². The fourth-order valence-corrected chi connectivity index (χ4v) is 3.68. The minimum atomic E-state index is -0.127. The molecule has 0 radical (unpaired) electrons. The van der Waals surface area contributed by atoms with Crippen molar-refractivity contribution in [1.29, 1.82) is 0 Å². The smallest absolute Gasteiger partial charge is 0.228 e. The van der Waals surface area contributed by atoms with Gasteiger partial charge in [-0.2, -0.15) is 0 Å².